The summed E-state index contributed by atoms with van der Waals surface area (Å²) in [5, 5.41) is 7.43. The summed E-state index contributed by atoms with van der Waals surface area (Å²) in [5.74, 6) is 2.76. The summed E-state index contributed by atoms with van der Waals surface area (Å²) in [6.45, 7) is 10.8. The summed E-state index contributed by atoms with van der Waals surface area (Å²) in [5.41, 5.74) is -0.145. The zero-order valence-corrected chi connectivity index (χ0v) is 16.3. The first-order chi connectivity index (χ1) is 12.4. The van der Waals surface area contributed by atoms with Gasteiger partial charge in [-0.1, -0.05) is 32.9 Å². The first kappa shape index (κ1) is 18.4. The molecular weight excluding hydrogens is 330 g/mol. The van der Waals surface area contributed by atoms with E-state index in [-0.39, 0.29) is 5.41 Å². The SMILES string of the molecule is CN=C(NCc1noc(C(C)(C)C)n1)N1CCC(C)C(n2ccnc2)C1. The lowest BCUT2D eigenvalue weighted by molar-refractivity contribution is 0.189. The Labute approximate surface area is 154 Å². The molecule has 2 aromatic rings. The molecule has 0 amide bonds. The Hall–Kier alpha value is -2.38. The van der Waals surface area contributed by atoms with E-state index in [1.165, 1.54) is 0 Å². The number of nitrogens with zero attached hydrogens (tertiary/aromatic N) is 6. The maximum Gasteiger partial charge on any atom is 0.232 e. The molecule has 3 heterocycles. The van der Waals surface area contributed by atoms with Gasteiger partial charge in [-0.25, -0.2) is 4.98 Å². The fourth-order valence-electron chi connectivity index (χ4n) is 3.22. The molecule has 0 aromatic carbocycles. The fraction of sp³-hybridized carbons (Fsp3) is 0.667. The molecule has 0 spiro atoms. The van der Waals surface area contributed by atoms with Gasteiger partial charge < -0.3 is 19.3 Å². The molecule has 0 bridgehead atoms. The van der Waals surface area contributed by atoms with Crippen LogP contribution >= 0.6 is 0 Å². The molecule has 8 nitrogen and oxygen atoms in total. The van der Waals surface area contributed by atoms with E-state index in [2.05, 4.69) is 62.6 Å². The smallest absolute Gasteiger partial charge is 0.232 e. The van der Waals surface area contributed by atoms with Crippen molar-refractivity contribution in [1.29, 1.82) is 0 Å². The van der Waals surface area contributed by atoms with Crippen molar-refractivity contribution in [1.82, 2.24) is 29.9 Å². The fourth-order valence-corrected chi connectivity index (χ4v) is 3.22. The van der Waals surface area contributed by atoms with E-state index in [0.29, 0.717) is 30.2 Å². The summed E-state index contributed by atoms with van der Waals surface area (Å²) >= 11 is 0. The van der Waals surface area contributed by atoms with Crippen LogP contribution in [0.4, 0.5) is 0 Å². The van der Waals surface area contributed by atoms with Crippen molar-refractivity contribution in [2.45, 2.75) is 52.1 Å². The summed E-state index contributed by atoms with van der Waals surface area (Å²) in [6, 6.07) is 0.391. The molecule has 2 unspecified atom stereocenters. The highest BCUT2D eigenvalue weighted by molar-refractivity contribution is 5.79. The van der Waals surface area contributed by atoms with Crippen LogP contribution in [-0.4, -0.2) is 50.7 Å². The van der Waals surface area contributed by atoms with E-state index < -0.39 is 0 Å². The molecule has 0 saturated carbocycles. The Kier molecular flexibility index (Phi) is 5.29. The van der Waals surface area contributed by atoms with Crippen LogP contribution in [0.25, 0.3) is 0 Å². The maximum absolute atomic E-state index is 5.36. The molecule has 26 heavy (non-hydrogen) atoms. The highest BCUT2D eigenvalue weighted by Crippen LogP contribution is 2.27. The van der Waals surface area contributed by atoms with Gasteiger partial charge in [-0.2, -0.15) is 4.98 Å². The van der Waals surface area contributed by atoms with Crippen LogP contribution in [0.1, 0.15) is 51.9 Å². The molecule has 8 heteroatoms. The van der Waals surface area contributed by atoms with Crippen LogP contribution in [0.5, 0.6) is 0 Å². The predicted octanol–water partition coefficient (Wildman–Crippen LogP) is 2.22. The van der Waals surface area contributed by atoms with Gasteiger partial charge in [0.05, 0.1) is 18.9 Å². The summed E-state index contributed by atoms with van der Waals surface area (Å²) in [7, 11) is 1.81. The predicted molar refractivity (Wildman–Crippen MR) is 99.8 cm³/mol. The van der Waals surface area contributed by atoms with E-state index in [1.807, 2.05) is 25.8 Å². The number of aliphatic imine (C=N–C) groups is 1. The molecule has 1 fully saturated rings. The zero-order valence-electron chi connectivity index (χ0n) is 16.3. The molecule has 0 radical (unpaired) electrons. The topological polar surface area (TPSA) is 84.4 Å². The average molecular weight is 359 g/mol. The van der Waals surface area contributed by atoms with Gasteiger partial charge >= 0.3 is 0 Å². The van der Waals surface area contributed by atoms with Gasteiger partial charge in [0, 0.05) is 37.9 Å². The highest BCUT2D eigenvalue weighted by atomic mass is 16.5. The van der Waals surface area contributed by atoms with Gasteiger partial charge in [0.2, 0.25) is 5.89 Å². The molecular formula is C18H29N7O. The Bertz CT molecular complexity index is 729. The number of likely N-dealkylation sites (tertiary alicyclic amines) is 1. The number of hydrogen-bond donors (Lipinski definition) is 1. The van der Waals surface area contributed by atoms with Crippen LogP contribution in [0.3, 0.4) is 0 Å². The minimum Gasteiger partial charge on any atom is -0.349 e. The number of rotatable bonds is 3. The minimum atomic E-state index is -0.145. The lowest BCUT2D eigenvalue weighted by Gasteiger charge is -2.39. The Balaban J connectivity index is 1.63. The van der Waals surface area contributed by atoms with Crippen molar-refractivity contribution >= 4 is 5.96 Å². The molecule has 3 rings (SSSR count). The lowest BCUT2D eigenvalue weighted by Crippen LogP contribution is -2.48. The number of nitrogens with one attached hydrogen (secondary N) is 1. The van der Waals surface area contributed by atoms with E-state index in [1.54, 1.807) is 0 Å². The van der Waals surface area contributed by atoms with Gasteiger partial charge in [-0.05, 0) is 12.3 Å². The zero-order chi connectivity index (χ0) is 18.7. The molecule has 1 N–H and O–H groups in total. The Morgan fingerprint density at radius 1 is 1.42 bits per heavy atom. The Morgan fingerprint density at radius 2 is 2.23 bits per heavy atom. The third-order valence-electron chi connectivity index (χ3n) is 4.85. The molecule has 1 saturated heterocycles. The van der Waals surface area contributed by atoms with Gasteiger partial charge in [0.15, 0.2) is 11.8 Å². The van der Waals surface area contributed by atoms with Gasteiger partial charge in [-0.3, -0.25) is 4.99 Å². The highest BCUT2D eigenvalue weighted by Gasteiger charge is 2.29. The van der Waals surface area contributed by atoms with Crippen molar-refractivity contribution < 1.29 is 4.52 Å². The standard InChI is InChI=1S/C18H29N7O/c1-13-6-8-24(11-14(13)25-9-7-20-12-25)17(19-5)21-10-15-22-16(26-23-15)18(2,3)4/h7,9,12-14H,6,8,10-11H2,1-5H3,(H,19,21). The quantitative estimate of drug-likeness (QED) is 0.668. The van der Waals surface area contributed by atoms with Gasteiger partial charge in [0.25, 0.3) is 0 Å². The number of aromatic nitrogens is 4. The normalized spacial score (nSPS) is 21.9. The van der Waals surface area contributed by atoms with Crippen LogP contribution in [-0.2, 0) is 12.0 Å². The second-order valence-electron chi connectivity index (χ2n) is 7.96. The van der Waals surface area contributed by atoms with E-state index in [4.69, 9.17) is 4.52 Å². The minimum absolute atomic E-state index is 0.145. The summed E-state index contributed by atoms with van der Waals surface area (Å²) < 4.78 is 7.55. The van der Waals surface area contributed by atoms with Crippen molar-refractivity contribution in [2.24, 2.45) is 10.9 Å². The van der Waals surface area contributed by atoms with Crippen LogP contribution in [0, 0.1) is 5.92 Å². The molecule has 2 aromatic heterocycles. The second kappa shape index (κ2) is 7.47. The van der Waals surface area contributed by atoms with Gasteiger partial charge in [-0.15, -0.1) is 0 Å². The number of imidazole rings is 1. The summed E-state index contributed by atoms with van der Waals surface area (Å²) in [4.78, 5) is 15.4. The maximum atomic E-state index is 5.36. The Morgan fingerprint density at radius 3 is 2.85 bits per heavy atom. The van der Waals surface area contributed by atoms with Crippen molar-refractivity contribution in [3.05, 3.63) is 30.4 Å². The van der Waals surface area contributed by atoms with Gasteiger partial charge in [0.1, 0.15) is 0 Å². The first-order valence-electron chi connectivity index (χ1n) is 9.14. The molecule has 142 valence electrons. The third kappa shape index (κ3) is 4.05. The van der Waals surface area contributed by atoms with Crippen LogP contribution < -0.4 is 5.32 Å². The molecule has 2 atom stereocenters. The van der Waals surface area contributed by atoms with Crippen molar-refractivity contribution in [2.75, 3.05) is 20.1 Å². The number of hydrogen-bond acceptors (Lipinski definition) is 5. The van der Waals surface area contributed by atoms with E-state index in [0.717, 1.165) is 25.5 Å². The van der Waals surface area contributed by atoms with Crippen molar-refractivity contribution in [3.8, 4) is 0 Å². The third-order valence-corrected chi connectivity index (χ3v) is 4.85. The molecule has 1 aliphatic rings. The second-order valence-corrected chi connectivity index (χ2v) is 7.96. The lowest BCUT2D eigenvalue weighted by atomic mass is 9.93. The largest absolute Gasteiger partial charge is 0.349 e. The first-order valence-corrected chi connectivity index (χ1v) is 9.14. The molecule has 1 aliphatic heterocycles. The summed E-state index contributed by atoms with van der Waals surface area (Å²) in [6.07, 6.45) is 6.88. The van der Waals surface area contributed by atoms with E-state index >= 15 is 0 Å². The number of piperidine rings is 1. The monoisotopic (exact) mass is 359 g/mol. The van der Waals surface area contributed by atoms with Crippen LogP contribution in [0.2, 0.25) is 0 Å². The average Bonchev–Trinajstić information content (AvgIpc) is 3.27. The van der Waals surface area contributed by atoms with E-state index in [9.17, 15) is 0 Å². The molecule has 0 aliphatic carbocycles. The number of guanidine groups is 1. The van der Waals surface area contributed by atoms with Crippen LogP contribution in [0.15, 0.2) is 28.2 Å². The van der Waals surface area contributed by atoms with Crippen molar-refractivity contribution in [3.63, 3.8) is 0 Å².